The Bertz CT molecular complexity index is 769. The molecule has 2 heterocycles. The van der Waals surface area contributed by atoms with E-state index in [9.17, 15) is 14.0 Å². The third kappa shape index (κ3) is 3.12. The first-order chi connectivity index (χ1) is 11.5. The predicted molar refractivity (Wildman–Crippen MR) is 83.7 cm³/mol. The van der Waals surface area contributed by atoms with E-state index < -0.39 is 5.91 Å². The van der Waals surface area contributed by atoms with Crippen molar-refractivity contribution in [2.75, 3.05) is 0 Å². The van der Waals surface area contributed by atoms with E-state index in [-0.39, 0.29) is 41.6 Å². The van der Waals surface area contributed by atoms with Crippen LogP contribution in [0, 0.1) is 11.7 Å². The van der Waals surface area contributed by atoms with E-state index >= 15 is 0 Å². The number of aromatic nitrogens is 3. The summed E-state index contributed by atoms with van der Waals surface area (Å²) in [5, 5.41) is 13.3. The third-order valence-corrected chi connectivity index (χ3v) is 4.02. The number of rotatable bonds is 4. The van der Waals surface area contributed by atoms with Crippen molar-refractivity contribution in [3.8, 4) is 0 Å². The number of nitrogens with one attached hydrogen (secondary N) is 2. The van der Waals surface area contributed by atoms with Gasteiger partial charge in [-0.15, -0.1) is 5.10 Å². The van der Waals surface area contributed by atoms with Gasteiger partial charge in [0.2, 0.25) is 0 Å². The molecule has 0 saturated heterocycles. The Morgan fingerprint density at radius 3 is 2.79 bits per heavy atom. The second kappa shape index (κ2) is 6.38. The van der Waals surface area contributed by atoms with Crippen molar-refractivity contribution >= 4 is 11.8 Å². The van der Waals surface area contributed by atoms with Crippen molar-refractivity contribution in [1.82, 2.24) is 25.6 Å². The van der Waals surface area contributed by atoms with Gasteiger partial charge in [0.25, 0.3) is 11.8 Å². The van der Waals surface area contributed by atoms with Crippen LogP contribution in [0.1, 0.15) is 40.4 Å². The fourth-order valence-corrected chi connectivity index (χ4v) is 2.53. The van der Waals surface area contributed by atoms with Crippen molar-refractivity contribution in [2.45, 2.75) is 33.0 Å². The number of halogens is 1. The minimum absolute atomic E-state index is 0.00295. The van der Waals surface area contributed by atoms with E-state index in [1.807, 2.05) is 13.8 Å². The number of benzene rings is 1. The molecule has 7 nitrogen and oxygen atoms in total. The van der Waals surface area contributed by atoms with E-state index in [0.717, 1.165) is 5.56 Å². The van der Waals surface area contributed by atoms with Crippen molar-refractivity contribution in [3.63, 3.8) is 0 Å². The van der Waals surface area contributed by atoms with Gasteiger partial charge in [-0.1, -0.05) is 31.2 Å². The Morgan fingerprint density at radius 2 is 2.12 bits per heavy atom. The van der Waals surface area contributed by atoms with Crippen LogP contribution in [0.2, 0.25) is 0 Å². The summed E-state index contributed by atoms with van der Waals surface area (Å²) in [5.74, 6) is -0.925. The van der Waals surface area contributed by atoms with E-state index in [1.165, 1.54) is 16.8 Å². The molecule has 8 heteroatoms. The summed E-state index contributed by atoms with van der Waals surface area (Å²) in [6.45, 7) is 4.70. The lowest BCUT2D eigenvalue weighted by Gasteiger charge is -2.27. The van der Waals surface area contributed by atoms with Gasteiger partial charge < -0.3 is 10.6 Å². The smallest absolute Gasteiger partial charge is 0.274 e. The number of fused-ring (bicyclic) bond motifs is 1. The molecule has 1 aromatic carbocycles. The average molecular weight is 331 g/mol. The van der Waals surface area contributed by atoms with Gasteiger partial charge in [0.05, 0.1) is 12.6 Å². The fourth-order valence-electron chi connectivity index (χ4n) is 2.53. The first-order valence-electron chi connectivity index (χ1n) is 7.72. The molecule has 2 aromatic rings. The molecule has 1 aromatic heterocycles. The molecule has 0 saturated carbocycles. The van der Waals surface area contributed by atoms with Gasteiger partial charge in [-0.3, -0.25) is 9.59 Å². The molecule has 3 rings (SSSR count). The number of carbonyl (C=O) groups is 2. The van der Waals surface area contributed by atoms with Crippen molar-refractivity contribution < 1.29 is 14.0 Å². The Labute approximate surface area is 138 Å². The summed E-state index contributed by atoms with van der Waals surface area (Å²) in [6, 6.07) is 5.76. The predicted octanol–water partition coefficient (Wildman–Crippen LogP) is 1.12. The highest BCUT2D eigenvalue weighted by molar-refractivity contribution is 6.05. The molecule has 0 unspecified atom stereocenters. The topological polar surface area (TPSA) is 88.9 Å². The SMILES string of the molecule is CC(C)[C@H]1Cn2nnc(C(=O)NCc3ccc(F)cc3)c2C(=O)N1. The molecule has 0 fully saturated rings. The summed E-state index contributed by atoms with van der Waals surface area (Å²) >= 11 is 0. The fraction of sp³-hybridized carbons (Fsp3) is 0.375. The van der Waals surface area contributed by atoms with Gasteiger partial charge >= 0.3 is 0 Å². The molecule has 24 heavy (non-hydrogen) atoms. The van der Waals surface area contributed by atoms with Crippen LogP contribution in [0.3, 0.4) is 0 Å². The van der Waals surface area contributed by atoms with Crippen molar-refractivity contribution in [2.24, 2.45) is 5.92 Å². The van der Waals surface area contributed by atoms with Crippen molar-refractivity contribution in [3.05, 3.63) is 47.0 Å². The molecule has 1 aliphatic heterocycles. The highest BCUT2D eigenvalue weighted by Crippen LogP contribution is 2.16. The zero-order chi connectivity index (χ0) is 17.3. The molecule has 2 amide bonds. The van der Waals surface area contributed by atoms with Crippen molar-refractivity contribution in [1.29, 1.82) is 0 Å². The molecule has 2 N–H and O–H groups in total. The summed E-state index contributed by atoms with van der Waals surface area (Å²) in [7, 11) is 0. The molecular weight excluding hydrogens is 313 g/mol. The van der Waals surface area contributed by atoms with Gasteiger partial charge in [-0.25, -0.2) is 9.07 Å². The van der Waals surface area contributed by atoms with Crippen LogP contribution < -0.4 is 10.6 Å². The maximum Gasteiger partial charge on any atom is 0.274 e. The van der Waals surface area contributed by atoms with Gasteiger partial charge in [-0.05, 0) is 23.6 Å². The maximum atomic E-state index is 12.9. The Hall–Kier alpha value is -2.77. The third-order valence-electron chi connectivity index (χ3n) is 4.02. The number of hydrogen-bond acceptors (Lipinski definition) is 4. The van der Waals surface area contributed by atoms with Gasteiger partial charge in [0.15, 0.2) is 11.4 Å². The monoisotopic (exact) mass is 331 g/mol. The van der Waals surface area contributed by atoms with Crippen LogP contribution in [-0.4, -0.2) is 32.9 Å². The average Bonchev–Trinajstić information content (AvgIpc) is 2.98. The van der Waals surface area contributed by atoms with Crippen LogP contribution in [0.25, 0.3) is 0 Å². The first-order valence-corrected chi connectivity index (χ1v) is 7.72. The maximum absolute atomic E-state index is 12.9. The molecule has 126 valence electrons. The highest BCUT2D eigenvalue weighted by Gasteiger charge is 2.32. The van der Waals surface area contributed by atoms with Gasteiger partial charge in [0.1, 0.15) is 5.82 Å². The standard InChI is InChI=1S/C16H18FN5O2/c1-9(2)12-8-22-14(16(24)19-12)13(20-21-22)15(23)18-7-10-3-5-11(17)6-4-10/h3-6,9,12H,7-8H2,1-2H3,(H,18,23)(H,19,24)/t12-/m1/s1. The van der Waals surface area contributed by atoms with Crippen LogP contribution in [0.5, 0.6) is 0 Å². The van der Waals surface area contributed by atoms with Crippen LogP contribution in [-0.2, 0) is 13.1 Å². The van der Waals surface area contributed by atoms with E-state index in [4.69, 9.17) is 0 Å². The summed E-state index contributed by atoms with van der Waals surface area (Å²) in [5.41, 5.74) is 0.912. The summed E-state index contributed by atoms with van der Waals surface area (Å²) in [6.07, 6.45) is 0. The van der Waals surface area contributed by atoms with Crippen LogP contribution in [0.4, 0.5) is 4.39 Å². The lowest BCUT2D eigenvalue weighted by Crippen LogP contribution is -2.48. The molecule has 0 aliphatic carbocycles. The Morgan fingerprint density at radius 1 is 1.42 bits per heavy atom. The number of carbonyl (C=O) groups excluding carboxylic acids is 2. The minimum Gasteiger partial charge on any atom is -0.346 e. The lowest BCUT2D eigenvalue weighted by molar-refractivity contribution is 0.0861. The normalized spacial score (nSPS) is 16.7. The van der Waals surface area contributed by atoms with E-state index in [2.05, 4.69) is 20.9 Å². The Balaban J connectivity index is 1.73. The molecule has 1 aliphatic rings. The summed E-state index contributed by atoms with van der Waals surface area (Å²) in [4.78, 5) is 24.6. The zero-order valence-electron chi connectivity index (χ0n) is 13.4. The summed E-state index contributed by atoms with van der Waals surface area (Å²) < 4.78 is 14.3. The molecule has 1 atom stereocenters. The van der Waals surface area contributed by atoms with E-state index in [1.54, 1.807) is 12.1 Å². The van der Waals surface area contributed by atoms with Gasteiger partial charge in [0, 0.05) is 6.54 Å². The number of nitrogens with zero attached hydrogens (tertiary/aromatic N) is 3. The first kappa shape index (κ1) is 16.1. The Kier molecular flexibility index (Phi) is 4.28. The lowest BCUT2D eigenvalue weighted by atomic mass is 10.0. The van der Waals surface area contributed by atoms with Crippen LogP contribution in [0.15, 0.2) is 24.3 Å². The number of amides is 2. The molecule has 0 radical (unpaired) electrons. The second-order valence-electron chi connectivity index (χ2n) is 6.10. The molecule has 0 bridgehead atoms. The second-order valence-corrected chi connectivity index (χ2v) is 6.10. The van der Waals surface area contributed by atoms with Crippen LogP contribution >= 0.6 is 0 Å². The molecule has 0 spiro atoms. The highest BCUT2D eigenvalue weighted by atomic mass is 19.1. The number of hydrogen-bond donors (Lipinski definition) is 2. The van der Waals surface area contributed by atoms with E-state index in [0.29, 0.717) is 6.54 Å². The minimum atomic E-state index is -0.487. The van der Waals surface area contributed by atoms with Gasteiger partial charge in [-0.2, -0.15) is 0 Å². The zero-order valence-corrected chi connectivity index (χ0v) is 13.4. The largest absolute Gasteiger partial charge is 0.346 e. The quantitative estimate of drug-likeness (QED) is 0.878. The molecular formula is C16H18FN5O2.